The Bertz CT molecular complexity index is 1040. The van der Waals surface area contributed by atoms with Crippen LogP contribution in [0.5, 0.6) is 11.5 Å². The number of nitriles is 1. The van der Waals surface area contributed by atoms with Crippen LogP contribution in [0.3, 0.4) is 0 Å². The van der Waals surface area contributed by atoms with Gasteiger partial charge in [0.1, 0.15) is 11.6 Å². The molecule has 1 aliphatic rings. The number of aryl methyl sites for hydroxylation is 1. The van der Waals surface area contributed by atoms with Gasteiger partial charge in [0.2, 0.25) is 6.79 Å². The summed E-state index contributed by atoms with van der Waals surface area (Å²) in [5, 5.41) is 9.40. The summed E-state index contributed by atoms with van der Waals surface area (Å²) in [6.07, 6.45) is 0. The average Bonchev–Trinajstić information content (AvgIpc) is 3.22. The highest BCUT2D eigenvalue weighted by atomic mass is 32.1. The van der Waals surface area contributed by atoms with E-state index >= 15 is 0 Å². The number of rotatable bonds is 2. The minimum Gasteiger partial charge on any atom is -0.454 e. The molecule has 0 bridgehead atoms. The number of fused-ring (bicyclic) bond motifs is 1. The number of pyridine rings is 1. The second kappa shape index (κ2) is 5.55. The summed E-state index contributed by atoms with van der Waals surface area (Å²) < 4.78 is 10.7. The van der Waals surface area contributed by atoms with Gasteiger partial charge in [0.15, 0.2) is 11.5 Å². The highest BCUT2D eigenvalue weighted by Gasteiger charge is 2.18. The van der Waals surface area contributed by atoms with Crippen molar-refractivity contribution in [1.29, 1.82) is 5.26 Å². The first-order valence-corrected chi connectivity index (χ1v) is 8.11. The van der Waals surface area contributed by atoms with E-state index in [2.05, 4.69) is 4.98 Å². The molecule has 2 aromatic heterocycles. The maximum absolute atomic E-state index is 12.3. The molecule has 0 saturated carbocycles. The highest BCUT2D eigenvalue weighted by Crippen LogP contribution is 2.37. The van der Waals surface area contributed by atoms with E-state index in [0.29, 0.717) is 22.8 Å². The van der Waals surface area contributed by atoms with Crippen molar-refractivity contribution in [2.75, 3.05) is 6.79 Å². The fraction of sp³-hybridized carbons (Fsp3) is 0.111. The van der Waals surface area contributed by atoms with E-state index in [0.717, 1.165) is 15.3 Å². The predicted molar refractivity (Wildman–Crippen MR) is 91.4 cm³/mol. The smallest absolute Gasteiger partial charge is 0.266 e. The quantitative estimate of drug-likeness (QED) is 0.774. The third-order valence-corrected chi connectivity index (χ3v) is 4.87. The van der Waals surface area contributed by atoms with E-state index in [1.165, 1.54) is 0 Å². The molecule has 0 fully saturated rings. The molecule has 0 saturated heterocycles. The number of benzene rings is 1. The van der Waals surface area contributed by atoms with E-state index in [9.17, 15) is 10.1 Å². The molecular formula is C18H12N2O3S. The molecule has 0 atom stereocenters. The van der Waals surface area contributed by atoms with Crippen molar-refractivity contribution in [3.05, 3.63) is 57.2 Å². The molecule has 118 valence electrons. The van der Waals surface area contributed by atoms with E-state index in [1.54, 1.807) is 23.5 Å². The predicted octanol–water partition coefficient (Wildman–Crippen LogP) is 3.68. The minimum atomic E-state index is -0.395. The third kappa shape index (κ3) is 2.36. The first kappa shape index (κ1) is 14.5. The number of thiophene rings is 1. The largest absolute Gasteiger partial charge is 0.454 e. The molecule has 4 rings (SSSR count). The van der Waals surface area contributed by atoms with Gasteiger partial charge in [-0.2, -0.15) is 5.26 Å². The third-order valence-electron chi connectivity index (χ3n) is 3.83. The summed E-state index contributed by atoms with van der Waals surface area (Å²) in [5.41, 5.74) is 1.72. The fourth-order valence-electron chi connectivity index (χ4n) is 2.67. The lowest BCUT2D eigenvalue weighted by Gasteiger charge is -2.08. The molecule has 0 amide bonds. The summed E-state index contributed by atoms with van der Waals surface area (Å²) in [6, 6.07) is 13.2. The van der Waals surface area contributed by atoms with Gasteiger partial charge in [-0.25, -0.2) is 0 Å². The van der Waals surface area contributed by atoms with Crippen molar-refractivity contribution in [3.8, 4) is 39.3 Å². The number of H-pyrrole nitrogens is 1. The van der Waals surface area contributed by atoms with Crippen LogP contribution in [-0.4, -0.2) is 11.8 Å². The molecule has 1 aromatic carbocycles. The summed E-state index contributed by atoms with van der Waals surface area (Å²) in [6.45, 7) is 2.19. The van der Waals surface area contributed by atoms with Crippen molar-refractivity contribution in [1.82, 2.24) is 4.98 Å². The van der Waals surface area contributed by atoms with Gasteiger partial charge >= 0.3 is 0 Å². The summed E-state index contributed by atoms with van der Waals surface area (Å²) in [7, 11) is 0. The van der Waals surface area contributed by atoms with Crippen LogP contribution in [0.2, 0.25) is 0 Å². The van der Waals surface area contributed by atoms with Gasteiger partial charge in [0.05, 0.1) is 10.6 Å². The van der Waals surface area contributed by atoms with Crippen molar-refractivity contribution in [3.63, 3.8) is 0 Å². The zero-order valence-corrected chi connectivity index (χ0v) is 13.6. The Labute approximate surface area is 141 Å². The molecule has 0 unspecified atom stereocenters. The minimum absolute atomic E-state index is 0.0888. The Morgan fingerprint density at radius 2 is 2.00 bits per heavy atom. The lowest BCUT2D eigenvalue weighted by Crippen LogP contribution is -2.12. The monoisotopic (exact) mass is 336 g/mol. The van der Waals surface area contributed by atoms with Gasteiger partial charge in [0.25, 0.3) is 5.56 Å². The molecule has 5 nitrogen and oxygen atoms in total. The average molecular weight is 336 g/mol. The second-order valence-corrected chi connectivity index (χ2v) is 6.68. The molecule has 3 heterocycles. The van der Waals surface area contributed by atoms with E-state index in [-0.39, 0.29) is 12.4 Å². The molecular weight excluding hydrogens is 324 g/mol. The van der Waals surface area contributed by atoms with Gasteiger partial charge in [-0.05, 0) is 42.8 Å². The van der Waals surface area contributed by atoms with E-state index in [1.807, 2.05) is 37.3 Å². The van der Waals surface area contributed by atoms with Crippen molar-refractivity contribution in [2.45, 2.75) is 6.92 Å². The molecule has 3 aromatic rings. The van der Waals surface area contributed by atoms with Crippen LogP contribution in [0.25, 0.3) is 21.7 Å². The Morgan fingerprint density at radius 1 is 1.17 bits per heavy atom. The maximum Gasteiger partial charge on any atom is 0.266 e. The zero-order valence-electron chi connectivity index (χ0n) is 12.8. The van der Waals surface area contributed by atoms with Crippen molar-refractivity contribution in [2.24, 2.45) is 0 Å². The Hall–Kier alpha value is -3.04. The van der Waals surface area contributed by atoms with Gasteiger partial charge in [-0.15, -0.1) is 11.3 Å². The summed E-state index contributed by atoms with van der Waals surface area (Å²) in [4.78, 5) is 17.3. The molecule has 1 aliphatic heterocycles. The van der Waals surface area contributed by atoms with Crippen LogP contribution >= 0.6 is 11.3 Å². The molecule has 24 heavy (non-hydrogen) atoms. The van der Waals surface area contributed by atoms with Crippen LogP contribution < -0.4 is 15.0 Å². The van der Waals surface area contributed by atoms with Crippen LogP contribution in [-0.2, 0) is 0 Å². The lowest BCUT2D eigenvalue weighted by atomic mass is 10.00. The molecule has 0 aliphatic carbocycles. The summed E-state index contributed by atoms with van der Waals surface area (Å²) in [5.74, 6) is 1.28. The van der Waals surface area contributed by atoms with Crippen LogP contribution in [0, 0.1) is 18.3 Å². The standard InChI is InChI=1S/C18H12N2O3S/c1-10-2-5-17(24-10)14-7-12(13(8-19)18(21)20-14)11-3-4-15-16(6-11)23-9-22-15/h2-7H,9H2,1H3,(H,20,21). The Kier molecular flexibility index (Phi) is 3.36. The number of hydrogen-bond acceptors (Lipinski definition) is 5. The Balaban J connectivity index is 1.92. The number of hydrogen-bond donors (Lipinski definition) is 1. The molecule has 0 spiro atoms. The first-order chi connectivity index (χ1) is 11.7. The maximum atomic E-state index is 12.3. The van der Waals surface area contributed by atoms with E-state index in [4.69, 9.17) is 9.47 Å². The van der Waals surface area contributed by atoms with Gasteiger partial charge in [-0.3, -0.25) is 4.79 Å². The number of ether oxygens (including phenoxy) is 2. The van der Waals surface area contributed by atoms with Crippen LogP contribution in [0.4, 0.5) is 0 Å². The van der Waals surface area contributed by atoms with Crippen LogP contribution in [0.1, 0.15) is 10.4 Å². The zero-order chi connectivity index (χ0) is 16.7. The summed E-state index contributed by atoms with van der Waals surface area (Å²) >= 11 is 1.59. The van der Waals surface area contributed by atoms with Gasteiger partial charge in [-0.1, -0.05) is 6.07 Å². The molecule has 0 radical (unpaired) electrons. The highest BCUT2D eigenvalue weighted by molar-refractivity contribution is 7.15. The Morgan fingerprint density at radius 3 is 2.75 bits per heavy atom. The molecule has 6 heteroatoms. The lowest BCUT2D eigenvalue weighted by molar-refractivity contribution is 0.174. The molecule has 1 N–H and O–H groups in total. The van der Waals surface area contributed by atoms with Crippen LogP contribution in [0.15, 0.2) is 41.2 Å². The van der Waals surface area contributed by atoms with Crippen molar-refractivity contribution >= 4 is 11.3 Å². The normalized spacial score (nSPS) is 12.2. The van der Waals surface area contributed by atoms with Gasteiger partial charge in [0, 0.05) is 10.4 Å². The number of nitrogens with one attached hydrogen (secondary N) is 1. The number of nitrogens with zero attached hydrogens (tertiary/aromatic N) is 1. The van der Waals surface area contributed by atoms with Crippen molar-refractivity contribution < 1.29 is 9.47 Å². The first-order valence-electron chi connectivity index (χ1n) is 7.30. The second-order valence-electron chi connectivity index (χ2n) is 5.39. The number of aromatic amines is 1. The fourth-order valence-corrected chi connectivity index (χ4v) is 3.51. The number of aromatic nitrogens is 1. The van der Waals surface area contributed by atoms with Gasteiger partial charge < -0.3 is 14.5 Å². The van der Waals surface area contributed by atoms with E-state index < -0.39 is 5.56 Å². The SMILES string of the molecule is Cc1ccc(-c2cc(-c3ccc4c(c3)OCO4)c(C#N)c(=O)[nH]2)s1. The topological polar surface area (TPSA) is 75.1 Å².